The van der Waals surface area contributed by atoms with Crippen LogP contribution in [0.5, 0.6) is 0 Å². The molecule has 1 rings (SSSR count). The van der Waals surface area contributed by atoms with E-state index >= 15 is 0 Å². The van der Waals surface area contributed by atoms with Crippen LogP contribution in [0.2, 0.25) is 0 Å². The van der Waals surface area contributed by atoms with Crippen molar-refractivity contribution in [2.45, 2.75) is 71.4 Å². The Morgan fingerprint density at radius 3 is 2.24 bits per heavy atom. The molecule has 0 aromatic carbocycles. The topological polar surface area (TPSA) is 67.4 Å². The molecule has 0 radical (unpaired) electrons. The van der Waals surface area contributed by atoms with E-state index in [0.29, 0.717) is 12.3 Å². The first-order valence-electron chi connectivity index (χ1n) is 7.92. The number of alkyl carbamates (subject to hydrolysis) is 1. The maximum Gasteiger partial charge on any atom is 0.408 e. The molecule has 1 atom stereocenters. The van der Waals surface area contributed by atoms with Crippen molar-refractivity contribution in [2.24, 2.45) is 11.8 Å². The smallest absolute Gasteiger partial charge is 0.408 e. The Balaban J connectivity index is 2.55. The molecule has 0 aromatic heterocycles. The van der Waals surface area contributed by atoms with Gasteiger partial charge in [0.1, 0.15) is 11.6 Å². The lowest BCUT2D eigenvalue weighted by Gasteiger charge is -2.29. The minimum absolute atomic E-state index is 0.153. The molecular weight excluding hydrogens is 268 g/mol. The van der Waals surface area contributed by atoms with Crippen molar-refractivity contribution in [3.05, 3.63) is 0 Å². The van der Waals surface area contributed by atoms with E-state index < -0.39 is 17.7 Å². The minimum Gasteiger partial charge on any atom is -0.444 e. The van der Waals surface area contributed by atoms with Gasteiger partial charge in [0, 0.05) is 7.05 Å². The van der Waals surface area contributed by atoms with Gasteiger partial charge in [-0.05, 0) is 39.0 Å². The molecule has 0 heterocycles. The summed E-state index contributed by atoms with van der Waals surface area (Å²) in [5, 5.41) is 5.33. The predicted molar refractivity (Wildman–Crippen MR) is 83.0 cm³/mol. The summed E-state index contributed by atoms with van der Waals surface area (Å²) >= 11 is 0. The van der Waals surface area contributed by atoms with Crippen molar-refractivity contribution >= 4 is 12.0 Å². The zero-order chi connectivity index (χ0) is 16.0. The van der Waals surface area contributed by atoms with Crippen LogP contribution in [0.15, 0.2) is 0 Å². The molecule has 1 aliphatic carbocycles. The summed E-state index contributed by atoms with van der Waals surface area (Å²) in [4.78, 5) is 23.8. The van der Waals surface area contributed by atoms with Gasteiger partial charge < -0.3 is 15.4 Å². The summed E-state index contributed by atoms with van der Waals surface area (Å²) in [6.45, 7) is 7.70. The minimum atomic E-state index is -0.558. The van der Waals surface area contributed by atoms with Gasteiger partial charge in [-0.3, -0.25) is 4.79 Å². The number of hydrogen-bond donors (Lipinski definition) is 2. The summed E-state index contributed by atoms with van der Waals surface area (Å²) in [5.41, 5.74) is -0.558. The van der Waals surface area contributed by atoms with Gasteiger partial charge in [-0.1, -0.05) is 32.6 Å². The molecule has 2 amide bonds. The average Bonchev–Trinajstić information content (AvgIpc) is 2.37. The first kappa shape index (κ1) is 17.8. The Bertz CT molecular complexity index is 355. The SMILES string of the molecule is CNC(=O)C(CC1CCC(C)CC1)NC(=O)OC(C)(C)C. The third-order valence-corrected chi connectivity index (χ3v) is 3.96. The number of rotatable bonds is 4. The van der Waals surface area contributed by atoms with E-state index in [1.807, 2.05) is 20.8 Å². The van der Waals surface area contributed by atoms with Crippen LogP contribution in [0.1, 0.15) is 59.8 Å². The molecule has 5 heteroatoms. The standard InChI is InChI=1S/C16H30N2O3/c1-11-6-8-12(9-7-11)10-13(14(19)17-5)18-15(20)21-16(2,3)4/h11-13H,6-10H2,1-5H3,(H,17,19)(H,18,20). The van der Waals surface area contributed by atoms with Gasteiger partial charge in [0.2, 0.25) is 5.91 Å². The van der Waals surface area contributed by atoms with Crippen LogP contribution >= 0.6 is 0 Å². The van der Waals surface area contributed by atoms with Crippen LogP contribution in [-0.4, -0.2) is 30.7 Å². The van der Waals surface area contributed by atoms with Crippen LogP contribution in [0, 0.1) is 11.8 Å². The maximum absolute atomic E-state index is 12.0. The average molecular weight is 298 g/mol. The number of carbonyl (C=O) groups is 2. The number of likely N-dealkylation sites (N-methyl/N-ethyl adjacent to an activating group) is 1. The lowest BCUT2D eigenvalue weighted by atomic mass is 9.80. The highest BCUT2D eigenvalue weighted by Gasteiger charge is 2.28. The molecule has 0 aliphatic heterocycles. The van der Waals surface area contributed by atoms with E-state index in [1.54, 1.807) is 7.05 Å². The van der Waals surface area contributed by atoms with Crippen LogP contribution in [-0.2, 0) is 9.53 Å². The fraction of sp³-hybridized carbons (Fsp3) is 0.875. The van der Waals surface area contributed by atoms with Crippen molar-refractivity contribution in [2.75, 3.05) is 7.05 Å². The van der Waals surface area contributed by atoms with Crippen molar-refractivity contribution in [1.82, 2.24) is 10.6 Å². The molecule has 1 fully saturated rings. The van der Waals surface area contributed by atoms with E-state index in [9.17, 15) is 9.59 Å². The van der Waals surface area contributed by atoms with Gasteiger partial charge in [-0.25, -0.2) is 4.79 Å². The fourth-order valence-corrected chi connectivity index (χ4v) is 2.75. The molecule has 1 aliphatic rings. The van der Waals surface area contributed by atoms with E-state index in [2.05, 4.69) is 17.6 Å². The Labute approximate surface area is 128 Å². The van der Waals surface area contributed by atoms with Crippen LogP contribution in [0.25, 0.3) is 0 Å². The Morgan fingerprint density at radius 2 is 1.76 bits per heavy atom. The van der Waals surface area contributed by atoms with Gasteiger partial charge in [-0.15, -0.1) is 0 Å². The third kappa shape index (κ3) is 6.82. The molecule has 21 heavy (non-hydrogen) atoms. The molecule has 0 bridgehead atoms. The molecule has 2 N–H and O–H groups in total. The number of ether oxygens (including phenoxy) is 1. The number of amides is 2. The largest absolute Gasteiger partial charge is 0.444 e. The lowest BCUT2D eigenvalue weighted by Crippen LogP contribution is -2.48. The summed E-state index contributed by atoms with van der Waals surface area (Å²) in [6.07, 6.45) is 4.83. The van der Waals surface area contributed by atoms with Gasteiger partial charge in [-0.2, -0.15) is 0 Å². The Hall–Kier alpha value is -1.26. The predicted octanol–water partition coefficient (Wildman–Crippen LogP) is 2.84. The zero-order valence-electron chi connectivity index (χ0n) is 14.0. The molecule has 1 unspecified atom stereocenters. The number of carbonyl (C=O) groups excluding carboxylic acids is 2. The second-order valence-corrected chi connectivity index (χ2v) is 7.17. The summed E-state index contributed by atoms with van der Waals surface area (Å²) < 4.78 is 5.24. The molecule has 1 saturated carbocycles. The second-order valence-electron chi connectivity index (χ2n) is 7.17. The normalized spacial score (nSPS) is 24.0. The molecule has 0 aromatic rings. The second kappa shape index (κ2) is 7.66. The van der Waals surface area contributed by atoms with Crippen molar-refractivity contribution < 1.29 is 14.3 Å². The highest BCUT2D eigenvalue weighted by Crippen LogP contribution is 2.31. The zero-order valence-corrected chi connectivity index (χ0v) is 14.0. The van der Waals surface area contributed by atoms with Crippen molar-refractivity contribution in [3.8, 4) is 0 Å². The summed E-state index contributed by atoms with van der Waals surface area (Å²) in [6, 6.07) is -0.511. The molecular formula is C16H30N2O3. The molecule has 122 valence electrons. The van der Waals surface area contributed by atoms with Crippen molar-refractivity contribution in [1.29, 1.82) is 0 Å². The Kier molecular flexibility index (Phi) is 6.49. The van der Waals surface area contributed by atoms with Crippen LogP contribution < -0.4 is 10.6 Å². The maximum atomic E-state index is 12.0. The van der Waals surface area contributed by atoms with E-state index in [0.717, 1.165) is 18.8 Å². The van der Waals surface area contributed by atoms with Crippen LogP contribution in [0.3, 0.4) is 0 Å². The monoisotopic (exact) mass is 298 g/mol. The third-order valence-electron chi connectivity index (χ3n) is 3.96. The van der Waals surface area contributed by atoms with E-state index in [1.165, 1.54) is 12.8 Å². The van der Waals surface area contributed by atoms with Gasteiger partial charge in [0.25, 0.3) is 0 Å². The molecule has 0 spiro atoms. The summed E-state index contributed by atoms with van der Waals surface area (Å²) in [5.74, 6) is 1.12. The highest BCUT2D eigenvalue weighted by molar-refractivity contribution is 5.85. The van der Waals surface area contributed by atoms with E-state index in [4.69, 9.17) is 4.74 Å². The summed E-state index contributed by atoms with van der Waals surface area (Å²) in [7, 11) is 1.59. The highest BCUT2D eigenvalue weighted by atomic mass is 16.6. The first-order chi connectivity index (χ1) is 9.71. The molecule has 5 nitrogen and oxygen atoms in total. The quantitative estimate of drug-likeness (QED) is 0.838. The fourth-order valence-electron chi connectivity index (χ4n) is 2.75. The number of nitrogens with one attached hydrogen (secondary N) is 2. The Morgan fingerprint density at radius 1 is 1.19 bits per heavy atom. The van der Waals surface area contributed by atoms with E-state index in [-0.39, 0.29) is 5.91 Å². The lowest BCUT2D eigenvalue weighted by molar-refractivity contribution is -0.123. The van der Waals surface area contributed by atoms with Crippen LogP contribution in [0.4, 0.5) is 4.79 Å². The first-order valence-corrected chi connectivity index (χ1v) is 7.92. The van der Waals surface area contributed by atoms with Gasteiger partial charge in [0.05, 0.1) is 0 Å². The molecule has 0 saturated heterocycles. The van der Waals surface area contributed by atoms with Crippen molar-refractivity contribution in [3.63, 3.8) is 0 Å². The van der Waals surface area contributed by atoms with Gasteiger partial charge >= 0.3 is 6.09 Å². The number of hydrogen-bond acceptors (Lipinski definition) is 3. The van der Waals surface area contributed by atoms with Gasteiger partial charge in [0.15, 0.2) is 0 Å².